The summed E-state index contributed by atoms with van der Waals surface area (Å²) >= 11 is 2.82. The normalized spacial score (nSPS) is 16.9. The molecular weight excluding hydrogens is 603 g/mol. The third-order valence-corrected chi connectivity index (χ3v) is 9.68. The van der Waals surface area contributed by atoms with Gasteiger partial charge in [-0.25, -0.2) is 4.99 Å². The minimum absolute atomic E-state index is 0.0217. The first kappa shape index (κ1) is 34.1. The smallest absolute Gasteiger partial charge is 0.242 e. The Morgan fingerprint density at radius 2 is 1.95 bits per heavy atom. The average Bonchev–Trinajstić information content (AvgIpc) is 3.16. The number of ether oxygens (including phenoxy) is 1. The number of Topliss-reactive ketones (excluding diaryl/α,β-unsaturated/α-hetero) is 1. The van der Waals surface area contributed by atoms with Crippen molar-refractivity contribution in [3.8, 4) is 0 Å². The van der Waals surface area contributed by atoms with E-state index in [0.717, 1.165) is 57.0 Å². The Kier molecular flexibility index (Phi) is 12.8. The molecule has 238 valence electrons. The number of amides is 2. The number of β-amino-alcohol motifs (C(OH)–C–C–N with tert-alkyl or cyclic N) is 1. The number of amidine groups is 1. The number of likely N-dealkylation sites (N-methyl/N-ethyl adjacent to an activating group) is 2. The molecule has 2 amide bonds. The van der Waals surface area contributed by atoms with E-state index in [-0.39, 0.29) is 42.9 Å². The van der Waals surface area contributed by atoms with E-state index in [9.17, 15) is 19.5 Å². The largest absolute Gasteiger partial charge is 0.394 e. The van der Waals surface area contributed by atoms with Crippen LogP contribution in [0.5, 0.6) is 0 Å². The van der Waals surface area contributed by atoms with Gasteiger partial charge in [0, 0.05) is 55.0 Å². The topological polar surface area (TPSA) is 135 Å². The second-order valence-electron chi connectivity index (χ2n) is 10.8. The number of imide groups is 1. The molecular formula is C31H41N5O6S2. The standard InChI is InChI=1S/C31H41N5O6S2/c1-21(38)20-43-27-17-29(40)36(31(27)41)19-28(39)32-18-22-8-9-23-26(16-22)44-25-7-5-4-6-24(25)33-30(23)35(3)11-10-34(2)12-14-42-15-13-37/h4-9,16,27-28,32,37,39H,10-15,17-20H2,1-3H3. The minimum Gasteiger partial charge on any atom is -0.394 e. The lowest BCUT2D eigenvalue weighted by molar-refractivity contribution is -0.140. The number of para-hydroxylation sites is 1. The molecule has 0 radical (unpaired) electrons. The van der Waals surface area contributed by atoms with Crippen LogP contribution in [0.3, 0.4) is 0 Å². The van der Waals surface area contributed by atoms with Gasteiger partial charge in [-0.15, -0.1) is 11.8 Å². The summed E-state index contributed by atoms with van der Waals surface area (Å²) in [5, 5.41) is 22.0. The molecule has 2 aromatic rings. The Morgan fingerprint density at radius 1 is 1.16 bits per heavy atom. The number of hydrogen-bond donors (Lipinski definition) is 3. The molecule has 1 fully saturated rings. The van der Waals surface area contributed by atoms with Crippen molar-refractivity contribution in [2.75, 3.05) is 65.8 Å². The van der Waals surface area contributed by atoms with E-state index < -0.39 is 11.5 Å². The number of aliphatic hydroxyl groups excluding tert-OH is 2. The summed E-state index contributed by atoms with van der Waals surface area (Å²) < 4.78 is 5.39. The molecule has 2 aliphatic rings. The molecule has 44 heavy (non-hydrogen) atoms. The summed E-state index contributed by atoms with van der Waals surface area (Å²) in [5.41, 5.74) is 2.85. The van der Waals surface area contributed by atoms with Crippen molar-refractivity contribution in [3.05, 3.63) is 53.6 Å². The van der Waals surface area contributed by atoms with E-state index in [0.29, 0.717) is 19.8 Å². The molecule has 13 heteroatoms. The van der Waals surface area contributed by atoms with Crippen LogP contribution < -0.4 is 5.32 Å². The third kappa shape index (κ3) is 9.36. The quantitative estimate of drug-likeness (QED) is 0.141. The highest BCUT2D eigenvalue weighted by atomic mass is 32.2. The summed E-state index contributed by atoms with van der Waals surface area (Å²) in [5.74, 6) is 0.297. The van der Waals surface area contributed by atoms with Crippen LogP contribution in [0.1, 0.15) is 24.5 Å². The van der Waals surface area contributed by atoms with Gasteiger partial charge in [0.05, 0.1) is 43.1 Å². The summed E-state index contributed by atoms with van der Waals surface area (Å²) in [6, 6.07) is 14.2. The summed E-state index contributed by atoms with van der Waals surface area (Å²) in [4.78, 5) is 48.9. The number of rotatable bonds is 16. The fraction of sp³-hybridized carbons (Fsp3) is 0.484. The maximum Gasteiger partial charge on any atom is 0.242 e. The van der Waals surface area contributed by atoms with E-state index in [2.05, 4.69) is 27.2 Å². The lowest BCUT2D eigenvalue weighted by atomic mass is 10.1. The number of hydrogen-bond acceptors (Lipinski definition) is 12. The molecule has 0 bridgehead atoms. The highest BCUT2D eigenvalue weighted by Gasteiger charge is 2.39. The molecule has 11 nitrogen and oxygen atoms in total. The second-order valence-corrected chi connectivity index (χ2v) is 13.1. The third-order valence-electron chi connectivity index (χ3n) is 7.22. The van der Waals surface area contributed by atoms with Crippen LogP contribution in [0, 0.1) is 0 Å². The summed E-state index contributed by atoms with van der Waals surface area (Å²) in [6.07, 6.45) is -1.05. The fourth-order valence-corrected chi connectivity index (χ4v) is 6.80. The summed E-state index contributed by atoms with van der Waals surface area (Å²) in [6.45, 7) is 4.88. The molecule has 2 heterocycles. The van der Waals surface area contributed by atoms with Gasteiger partial charge in [0.25, 0.3) is 0 Å². The number of thioether (sulfide) groups is 1. The van der Waals surface area contributed by atoms with Crippen LogP contribution in [0.2, 0.25) is 0 Å². The Balaban J connectivity index is 1.40. The Hall–Kier alpha value is -2.78. The lowest BCUT2D eigenvalue weighted by Gasteiger charge is -2.25. The molecule has 3 N–H and O–H groups in total. The van der Waals surface area contributed by atoms with E-state index in [1.165, 1.54) is 18.7 Å². The molecule has 0 aromatic heterocycles. The molecule has 4 rings (SSSR count). The number of aliphatic hydroxyl groups is 2. The van der Waals surface area contributed by atoms with E-state index in [1.54, 1.807) is 11.8 Å². The van der Waals surface area contributed by atoms with Crippen molar-refractivity contribution in [3.63, 3.8) is 0 Å². The van der Waals surface area contributed by atoms with Gasteiger partial charge in [0.15, 0.2) is 0 Å². The predicted octanol–water partition coefficient (Wildman–Crippen LogP) is 1.96. The number of carbonyl (C=O) groups excluding carboxylic acids is 3. The van der Waals surface area contributed by atoms with Crippen molar-refractivity contribution in [1.82, 2.24) is 20.0 Å². The van der Waals surface area contributed by atoms with Crippen LogP contribution in [0.4, 0.5) is 5.69 Å². The highest BCUT2D eigenvalue weighted by Crippen LogP contribution is 2.41. The number of aliphatic imine (C=N–C) groups is 1. The first-order valence-electron chi connectivity index (χ1n) is 14.6. The number of nitrogens with zero attached hydrogens (tertiary/aromatic N) is 4. The molecule has 0 spiro atoms. The molecule has 2 aromatic carbocycles. The van der Waals surface area contributed by atoms with Crippen LogP contribution >= 0.6 is 23.5 Å². The van der Waals surface area contributed by atoms with Crippen LogP contribution in [0.25, 0.3) is 0 Å². The minimum atomic E-state index is -1.10. The number of ketones is 1. The molecule has 1 saturated heterocycles. The van der Waals surface area contributed by atoms with Gasteiger partial charge in [-0.05, 0) is 43.8 Å². The molecule has 0 aliphatic carbocycles. The molecule has 2 aliphatic heterocycles. The van der Waals surface area contributed by atoms with Gasteiger partial charge in [-0.3, -0.25) is 24.6 Å². The van der Waals surface area contributed by atoms with Crippen molar-refractivity contribution >= 4 is 52.6 Å². The zero-order valence-electron chi connectivity index (χ0n) is 25.4. The Labute approximate surface area is 267 Å². The number of nitrogens with one attached hydrogen (secondary N) is 1. The first-order valence-corrected chi connectivity index (χ1v) is 16.5. The monoisotopic (exact) mass is 643 g/mol. The Morgan fingerprint density at radius 3 is 2.73 bits per heavy atom. The fourth-order valence-electron chi connectivity index (χ4n) is 4.76. The zero-order chi connectivity index (χ0) is 31.6. The maximum atomic E-state index is 12.7. The van der Waals surface area contributed by atoms with Crippen LogP contribution in [-0.4, -0.2) is 126 Å². The Bertz CT molecular complexity index is 1360. The predicted molar refractivity (Wildman–Crippen MR) is 172 cm³/mol. The molecule has 0 saturated carbocycles. The molecule has 2 unspecified atom stereocenters. The second kappa shape index (κ2) is 16.5. The van der Waals surface area contributed by atoms with E-state index in [1.807, 2.05) is 44.4 Å². The SMILES string of the molecule is CC(=O)CSC1CC(=O)N(CC(O)NCc2ccc3c(c2)Sc2ccccc2N=C3N(C)CCN(C)CCOCCO)C1=O. The van der Waals surface area contributed by atoms with Crippen LogP contribution in [0.15, 0.2) is 57.2 Å². The number of carbonyl (C=O) groups is 3. The van der Waals surface area contributed by atoms with Crippen LogP contribution in [-0.2, 0) is 25.7 Å². The number of fused-ring (bicyclic) bond motifs is 2. The lowest BCUT2D eigenvalue weighted by Crippen LogP contribution is -2.43. The maximum absolute atomic E-state index is 12.7. The highest BCUT2D eigenvalue weighted by molar-refractivity contribution is 8.01. The van der Waals surface area contributed by atoms with Gasteiger partial charge in [-0.2, -0.15) is 0 Å². The van der Waals surface area contributed by atoms with Crippen molar-refractivity contribution in [1.29, 1.82) is 0 Å². The summed E-state index contributed by atoms with van der Waals surface area (Å²) in [7, 11) is 4.08. The van der Waals surface area contributed by atoms with Crippen molar-refractivity contribution < 1.29 is 29.3 Å². The number of benzene rings is 2. The zero-order valence-corrected chi connectivity index (χ0v) is 27.0. The van der Waals surface area contributed by atoms with Gasteiger partial charge in [0.1, 0.15) is 17.8 Å². The average molecular weight is 644 g/mol. The van der Waals surface area contributed by atoms with Gasteiger partial charge < -0.3 is 24.7 Å². The van der Waals surface area contributed by atoms with Gasteiger partial charge in [0.2, 0.25) is 11.8 Å². The van der Waals surface area contributed by atoms with Gasteiger partial charge in [-0.1, -0.05) is 30.0 Å². The van der Waals surface area contributed by atoms with E-state index >= 15 is 0 Å². The van der Waals surface area contributed by atoms with E-state index in [4.69, 9.17) is 14.8 Å². The first-order chi connectivity index (χ1) is 21.2. The van der Waals surface area contributed by atoms with Crippen molar-refractivity contribution in [2.24, 2.45) is 4.99 Å². The number of likely N-dealkylation sites (tertiary alicyclic amines) is 1. The molecule has 2 atom stereocenters. The van der Waals surface area contributed by atoms with Crippen molar-refractivity contribution in [2.45, 2.75) is 41.2 Å². The van der Waals surface area contributed by atoms with Gasteiger partial charge >= 0.3 is 0 Å².